The van der Waals surface area contributed by atoms with Crippen LogP contribution in [0.5, 0.6) is 0 Å². The van der Waals surface area contributed by atoms with Crippen molar-refractivity contribution in [3.8, 4) is 0 Å². The predicted octanol–water partition coefficient (Wildman–Crippen LogP) is 2.40. The van der Waals surface area contributed by atoms with Gasteiger partial charge < -0.3 is 16.2 Å². The van der Waals surface area contributed by atoms with Gasteiger partial charge in [0.1, 0.15) is 0 Å². The zero-order valence-corrected chi connectivity index (χ0v) is 10.4. The quantitative estimate of drug-likeness (QED) is 0.670. The van der Waals surface area contributed by atoms with Crippen LogP contribution in [-0.2, 0) is 0 Å². The molecule has 0 aliphatic heterocycles. The summed E-state index contributed by atoms with van der Waals surface area (Å²) in [6.45, 7) is 7.33. The summed E-state index contributed by atoms with van der Waals surface area (Å²) in [7, 11) is 0. The van der Waals surface area contributed by atoms with Crippen molar-refractivity contribution < 1.29 is 5.11 Å². The third-order valence-electron chi connectivity index (χ3n) is 2.84. The average molecular weight is 222 g/mol. The van der Waals surface area contributed by atoms with E-state index >= 15 is 0 Å². The third kappa shape index (κ3) is 3.42. The molecule has 3 heteroatoms. The Labute approximate surface area is 97.7 Å². The van der Waals surface area contributed by atoms with Crippen molar-refractivity contribution >= 4 is 11.4 Å². The van der Waals surface area contributed by atoms with Crippen LogP contribution in [0.15, 0.2) is 18.2 Å². The molecular formula is C13H22N2O. The van der Waals surface area contributed by atoms with E-state index in [-0.39, 0.29) is 12.0 Å². The maximum Gasteiger partial charge on any atom is 0.0603 e. The van der Waals surface area contributed by atoms with E-state index in [1.54, 1.807) is 0 Å². The number of anilines is 2. The minimum atomic E-state index is 0.0729. The van der Waals surface area contributed by atoms with Gasteiger partial charge in [0.15, 0.2) is 0 Å². The van der Waals surface area contributed by atoms with Gasteiger partial charge in [0.05, 0.1) is 11.4 Å². The smallest absolute Gasteiger partial charge is 0.0603 e. The molecule has 16 heavy (non-hydrogen) atoms. The van der Waals surface area contributed by atoms with Crippen molar-refractivity contribution in [3.05, 3.63) is 23.8 Å². The van der Waals surface area contributed by atoms with Gasteiger partial charge >= 0.3 is 0 Å². The number of nitrogens with two attached hydrogens (primary N) is 1. The van der Waals surface area contributed by atoms with Crippen molar-refractivity contribution in [1.29, 1.82) is 0 Å². The summed E-state index contributed by atoms with van der Waals surface area (Å²) in [6, 6.07) is 5.89. The fourth-order valence-electron chi connectivity index (χ4n) is 1.65. The molecule has 0 aliphatic rings. The van der Waals surface area contributed by atoms with Crippen LogP contribution in [0.3, 0.4) is 0 Å². The Morgan fingerprint density at radius 2 is 2.06 bits per heavy atom. The van der Waals surface area contributed by atoms with Gasteiger partial charge in [0, 0.05) is 13.2 Å². The molecule has 1 aromatic carbocycles. The lowest BCUT2D eigenvalue weighted by atomic mass is 9.89. The number of aliphatic hydroxyl groups excluding tert-OH is 1. The van der Waals surface area contributed by atoms with Gasteiger partial charge in [-0.3, -0.25) is 0 Å². The summed E-state index contributed by atoms with van der Waals surface area (Å²) in [5.41, 5.74) is 8.92. The fourth-order valence-corrected chi connectivity index (χ4v) is 1.65. The summed E-state index contributed by atoms with van der Waals surface area (Å²) >= 11 is 0. The number of rotatable bonds is 5. The maximum atomic E-state index is 8.96. The lowest BCUT2D eigenvalue weighted by molar-refractivity contribution is 0.220. The van der Waals surface area contributed by atoms with Gasteiger partial charge in [0.2, 0.25) is 0 Å². The van der Waals surface area contributed by atoms with Gasteiger partial charge in [0.25, 0.3) is 0 Å². The molecule has 0 saturated heterocycles. The Hall–Kier alpha value is -1.22. The topological polar surface area (TPSA) is 58.3 Å². The Bertz CT molecular complexity index is 328. The number of para-hydroxylation sites is 1. The van der Waals surface area contributed by atoms with E-state index in [1.807, 2.05) is 25.1 Å². The molecule has 0 atom stereocenters. The van der Waals surface area contributed by atoms with Crippen LogP contribution in [0.1, 0.15) is 25.8 Å². The number of nitrogen functional groups attached to an aromatic ring is 1. The van der Waals surface area contributed by atoms with Crippen molar-refractivity contribution in [2.45, 2.75) is 27.2 Å². The number of nitrogens with one attached hydrogen (secondary N) is 1. The van der Waals surface area contributed by atoms with E-state index < -0.39 is 0 Å². The highest BCUT2D eigenvalue weighted by Gasteiger charge is 2.17. The standard InChI is InChI=1S/C13H22N2O/c1-10-5-4-6-11(14)12(10)15-9-13(2,3)7-8-16/h4-6,15-16H,7-9,14H2,1-3H3. The molecule has 0 fully saturated rings. The van der Waals surface area contributed by atoms with Crippen LogP contribution in [0.4, 0.5) is 11.4 Å². The molecule has 0 amide bonds. The molecule has 1 aromatic rings. The number of aryl methyl sites for hydroxylation is 1. The van der Waals surface area contributed by atoms with Crippen molar-refractivity contribution in [2.75, 3.05) is 24.2 Å². The summed E-state index contributed by atoms with van der Waals surface area (Å²) in [4.78, 5) is 0. The van der Waals surface area contributed by atoms with Crippen molar-refractivity contribution in [2.24, 2.45) is 5.41 Å². The largest absolute Gasteiger partial charge is 0.397 e. The first-order chi connectivity index (χ1) is 7.46. The minimum Gasteiger partial charge on any atom is -0.397 e. The highest BCUT2D eigenvalue weighted by Crippen LogP contribution is 2.26. The predicted molar refractivity (Wildman–Crippen MR) is 69.6 cm³/mol. The van der Waals surface area contributed by atoms with Crippen LogP contribution in [0.2, 0.25) is 0 Å². The molecular weight excluding hydrogens is 200 g/mol. The highest BCUT2D eigenvalue weighted by atomic mass is 16.3. The lowest BCUT2D eigenvalue weighted by Crippen LogP contribution is -2.24. The molecule has 0 unspecified atom stereocenters. The summed E-state index contributed by atoms with van der Waals surface area (Å²) < 4.78 is 0. The van der Waals surface area contributed by atoms with Crippen molar-refractivity contribution in [3.63, 3.8) is 0 Å². The van der Waals surface area contributed by atoms with E-state index in [9.17, 15) is 0 Å². The van der Waals surface area contributed by atoms with E-state index in [1.165, 1.54) is 0 Å². The number of aliphatic hydroxyl groups is 1. The molecule has 0 heterocycles. The lowest BCUT2D eigenvalue weighted by Gasteiger charge is -2.25. The zero-order valence-electron chi connectivity index (χ0n) is 10.4. The van der Waals surface area contributed by atoms with E-state index in [2.05, 4.69) is 19.2 Å². The van der Waals surface area contributed by atoms with Gasteiger partial charge in [-0.25, -0.2) is 0 Å². The van der Waals surface area contributed by atoms with E-state index in [4.69, 9.17) is 10.8 Å². The van der Waals surface area contributed by atoms with Gasteiger partial charge in [-0.2, -0.15) is 0 Å². The van der Waals surface area contributed by atoms with E-state index in [0.717, 1.165) is 29.9 Å². The number of hydrogen-bond donors (Lipinski definition) is 3. The molecule has 4 N–H and O–H groups in total. The van der Waals surface area contributed by atoms with E-state index in [0.29, 0.717) is 0 Å². The first-order valence-electron chi connectivity index (χ1n) is 5.66. The maximum absolute atomic E-state index is 8.96. The minimum absolute atomic E-state index is 0.0729. The monoisotopic (exact) mass is 222 g/mol. The Morgan fingerprint density at radius 1 is 1.38 bits per heavy atom. The Balaban J connectivity index is 2.68. The number of benzene rings is 1. The molecule has 0 radical (unpaired) electrons. The second-order valence-electron chi connectivity index (χ2n) is 5.03. The molecule has 3 nitrogen and oxygen atoms in total. The van der Waals surface area contributed by atoms with Crippen LogP contribution >= 0.6 is 0 Å². The molecule has 0 bridgehead atoms. The fraction of sp³-hybridized carbons (Fsp3) is 0.538. The average Bonchev–Trinajstić information content (AvgIpc) is 2.16. The van der Waals surface area contributed by atoms with Crippen LogP contribution in [0, 0.1) is 12.3 Å². The van der Waals surface area contributed by atoms with Gasteiger partial charge in [-0.1, -0.05) is 26.0 Å². The van der Waals surface area contributed by atoms with Gasteiger partial charge in [-0.15, -0.1) is 0 Å². The van der Waals surface area contributed by atoms with Crippen molar-refractivity contribution in [1.82, 2.24) is 0 Å². The normalized spacial score (nSPS) is 11.5. The van der Waals surface area contributed by atoms with Crippen LogP contribution in [-0.4, -0.2) is 18.3 Å². The molecule has 90 valence electrons. The summed E-state index contributed by atoms with van der Waals surface area (Å²) in [5.74, 6) is 0. The molecule has 0 aromatic heterocycles. The van der Waals surface area contributed by atoms with Gasteiger partial charge in [-0.05, 0) is 30.4 Å². The number of hydrogen-bond acceptors (Lipinski definition) is 3. The second-order valence-corrected chi connectivity index (χ2v) is 5.03. The summed E-state index contributed by atoms with van der Waals surface area (Å²) in [5, 5.41) is 12.3. The first kappa shape index (κ1) is 12.8. The Morgan fingerprint density at radius 3 is 2.62 bits per heavy atom. The van der Waals surface area contributed by atoms with Crippen LogP contribution in [0.25, 0.3) is 0 Å². The SMILES string of the molecule is Cc1cccc(N)c1NCC(C)(C)CCO. The molecule has 1 rings (SSSR count). The Kier molecular flexibility index (Phi) is 4.19. The van der Waals surface area contributed by atoms with Crippen LogP contribution < -0.4 is 11.1 Å². The first-order valence-corrected chi connectivity index (χ1v) is 5.66. The zero-order chi connectivity index (χ0) is 12.2. The second kappa shape index (κ2) is 5.21. The highest BCUT2D eigenvalue weighted by molar-refractivity contribution is 5.69. The molecule has 0 spiro atoms. The third-order valence-corrected chi connectivity index (χ3v) is 2.84. The molecule has 0 aliphatic carbocycles. The molecule has 0 saturated carbocycles. The summed E-state index contributed by atoms with van der Waals surface area (Å²) in [6.07, 6.45) is 0.784.